The van der Waals surface area contributed by atoms with E-state index in [2.05, 4.69) is 28.2 Å². The summed E-state index contributed by atoms with van der Waals surface area (Å²) < 4.78 is 26.2. The zero-order chi connectivity index (χ0) is 25.4. The van der Waals surface area contributed by atoms with Gasteiger partial charge >= 0.3 is 0 Å². The van der Waals surface area contributed by atoms with Crippen LogP contribution in [0.1, 0.15) is 74.6 Å². The van der Waals surface area contributed by atoms with Gasteiger partial charge in [-0.3, -0.25) is 14.8 Å². The van der Waals surface area contributed by atoms with E-state index in [4.69, 9.17) is 14.5 Å². The molecule has 2 aliphatic rings. The first kappa shape index (κ1) is 24.3. The van der Waals surface area contributed by atoms with Crippen molar-refractivity contribution in [1.82, 2.24) is 15.0 Å². The molecule has 5 rings (SSSR count). The van der Waals surface area contributed by atoms with Gasteiger partial charge in [-0.25, -0.2) is 9.37 Å². The van der Waals surface area contributed by atoms with Crippen LogP contribution >= 0.6 is 0 Å². The van der Waals surface area contributed by atoms with Gasteiger partial charge in [0, 0.05) is 17.5 Å². The highest BCUT2D eigenvalue weighted by Gasteiger charge is 2.38. The van der Waals surface area contributed by atoms with Crippen molar-refractivity contribution in [3.05, 3.63) is 65.0 Å². The van der Waals surface area contributed by atoms with Crippen LogP contribution in [0.2, 0.25) is 0 Å². The standard InChI is InChI=1S/C29H32FN3O3/c1-5-23-29(21-13-27(35-4)31-14-22(21)30)32-15-24(33-23)25-11-10-18-6-9-20(12-26(18)36-25)28(19-7-8-19)16(2)17(3)34/h6,9,12-16,19,25,28H,5,7-8,10-11H2,1-4H3/t16-,25?,28+/m1/s1. The van der Waals surface area contributed by atoms with E-state index in [0.717, 1.165) is 30.5 Å². The van der Waals surface area contributed by atoms with Crippen molar-refractivity contribution >= 4 is 5.78 Å². The van der Waals surface area contributed by atoms with Crippen LogP contribution in [0.4, 0.5) is 4.39 Å². The Bertz CT molecular complexity index is 1290. The fourth-order valence-corrected chi connectivity index (χ4v) is 5.26. The summed E-state index contributed by atoms with van der Waals surface area (Å²) in [5.74, 6) is 1.74. The van der Waals surface area contributed by atoms with E-state index in [9.17, 15) is 9.18 Å². The molecule has 2 aromatic heterocycles. The van der Waals surface area contributed by atoms with Crippen molar-refractivity contribution in [1.29, 1.82) is 0 Å². The normalized spacial score (nSPS) is 18.6. The molecule has 0 bridgehead atoms. The molecule has 7 heteroatoms. The Morgan fingerprint density at radius 2 is 2.00 bits per heavy atom. The highest BCUT2D eigenvalue weighted by molar-refractivity contribution is 5.79. The minimum absolute atomic E-state index is 0.00679. The number of benzene rings is 1. The maximum atomic E-state index is 14.6. The molecule has 1 fully saturated rings. The summed E-state index contributed by atoms with van der Waals surface area (Å²) in [5, 5.41) is 0. The van der Waals surface area contributed by atoms with E-state index in [-0.39, 0.29) is 23.7 Å². The third-order valence-electron chi connectivity index (χ3n) is 7.55. The van der Waals surface area contributed by atoms with E-state index >= 15 is 0 Å². The molecule has 0 saturated heterocycles. The third-order valence-corrected chi connectivity index (χ3v) is 7.55. The fraction of sp³-hybridized carbons (Fsp3) is 0.448. The first-order valence-corrected chi connectivity index (χ1v) is 12.7. The number of Topliss-reactive ketones (excluding diaryl/α,β-unsaturated/α-hetero) is 1. The Kier molecular flexibility index (Phi) is 6.73. The molecule has 3 atom stereocenters. The maximum Gasteiger partial charge on any atom is 0.213 e. The van der Waals surface area contributed by atoms with Gasteiger partial charge in [0.1, 0.15) is 17.6 Å². The molecule has 1 aromatic carbocycles. The average Bonchev–Trinajstić information content (AvgIpc) is 3.73. The van der Waals surface area contributed by atoms with Crippen molar-refractivity contribution in [2.45, 2.75) is 64.9 Å². The summed E-state index contributed by atoms with van der Waals surface area (Å²) >= 11 is 0. The number of ketones is 1. The number of aromatic nitrogens is 3. The highest BCUT2D eigenvalue weighted by atomic mass is 19.1. The molecular weight excluding hydrogens is 457 g/mol. The van der Waals surface area contributed by atoms with Crippen LogP contribution < -0.4 is 9.47 Å². The first-order chi connectivity index (χ1) is 17.4. The lowest BCUT2D eigenvalue weighted by Gasteiger charge is -2.28. The van der Waals surface area contributed by atoms with Gasteiger partial charge in [-0.15, -0.1) is 0 Å². The van der Waals surface area contributed by atoms with E-state index < -0.39 is 5.82 Å². The van der Waals surface area contributed by atoms with Crippen LogP contribution in [-0.4, -0.2) is 27.8 Å². The number of hydrogen-bond acceptors (Lipinski definition) is 6. The molecule has 3 aromatic rings. The number of aryl methyl sites for hydroxylation is 2. The van der Waals surface area contributed by atoms with Gasteiger partial charge < -0.3 is 9.47 Å². The summed E-state index contributed by atoms with van der Waals surface area (Å²) in [7, 11) is 1.50. The number of halogens is 1. The number of carbonyl (C=O) groups is 1. The largest absolute Gasteiger partial charge is 0.484 e. The van der Waals surface area contributed by atoms with Crippen LogP contribution in [0.25, 0.3) is 11.3 Å². The molecule has 0 amide bonds. The molecule has 1 aliphatic heterocycles. The quantitative estimate of drug-likeness (QED) is 0.384. The first-order valence-electron chi connectivity index (χ1n) is 12.7. The number of rotatable bonds is 8. The van der Waals surface area contributed by atoms with Crippen LogP contribution in [0, 0.1) is 17.7 Å². The average molecular weight is 490 g/mol. The topological polar surface area (TPSA) is 74.2 Å². The second-order valence-electron chi connectivity index (χ2n) is 9.93. The van der Waals surface area contributed by atoms with Crippen molar-refractivity contribution in [3.8, 4) is 22.9 Å². The van der Waals surface area contributed by atoms with E-state index in [1.165, 1.54) is 31.1 Å². The van der Waals surface area contributed by atoms with Crippen molar-refractivity contribution in [2.24, 2.45) is 11.8 Å². The summed E-state index contributed by atoms with van der Waals surface area (Å²) in [6.45, 7) is 5.71. The maximum absolute atomic E-state index is 14.6. The zero-order valence-corrected chi connectivity index (χ0v) is 21.3. The number of pyridine rings is 1. The van der Waals surface area contributed by atoms with Gasteiger partial charge in [0.25, 0.3) is 0 Å². The predicted molar refractivity (Wildman–Crippen MR) is 135 cm³/mol. The lowest BCUT2D eigenvalue weighted by atomic mass is 9.80. The number of nitrogens with zero attached hydrogens (tertiary/aromatic N) is 3. The van der Waals surface area contributed by atoms with Crippen LogP contribution in [0.3, 0.4) is 0 Å². The van der Waals surface area contributed by atoms with Gasteiger partial charge in [0.15, 0.2) is 5.82 Å². The molecule has 1 unspecified atom stereocenters. The second kappa shape index (κ2) is 9.96. The molecule has 3 heterocycles. The Hall–Kier alpha value is -3.35. The van der Waals surface area contributed by atoms with Gasteiger partial charge in [-0.1, -0.05) is 26.0 Å². The Balaban J connectivity index is 1.43. The Morgan fingerprint density at radius 1 is 1.19 bits per heavy atom. The van der Waals surface area contributed by atoms with Crippen molar-refractivity contribution in [3.63, 3.8) is 0 Å². The van der Waals surface area contributed by atoms with E-state index in [1.54, 1.807) is 19.2 Å². The molecule has 188 valence electrons. The molecule has 0 spiro atoms. The monoisotopic (exact) mass is 489 g/mol. The fourth-order valence-electron chi connectivity index (χ4n) is 5.26. The molecule has 1 aliphatic carbocycles. The number of hydrogen-bond donors (Lipinski definition) is 0. The lowest BCUT2D eigenvalue weighted by Crippen LogP contribution is -2.21. The highest BCUT2D eigenvalue weighted by Crippen LogP contribution is 2.48. The predicted octanol–water partition coefficient (Wildman–Crippen LogP) is 6.03. The summed E-state index contributed by atoms with van der Waals surface area (Å²) in [5.41, 5.74) is 4.60. The van der Waals surface area contributed by atoms with Crippen molar-refractivity contribution < 1.29 is 18.7 Å². The smallest absolute Gasteiger partial charge is 0.213 e. The van der Waals surface area contributed by atoms with E-state index in [1.807, 2.05) is 13.8 Å². The number of methoxy groups -OCH3 is 1. The molecule has 0 radical (unpaired) electrons. The minimum Gasteiger partial charge on any atom is -0.484 e. The Labute approximate surface area is 211 Å². The van der Waals surface area contributed by atoms with E-state index in [0.29, 0.717) is 35.2 Å². The van der Waals surface area contributed by atoms with Gasteiger partial charge in [-0.05, 0) is 68.1 Å². The molecule has 0 N–H and O–H groups in total. The summed E-state index contributed by atoms with van der Waals surface area (Å²) in [4.78, 5) is 25.6. The Morgan fingerprint density at radius 3 is 2.69 bits per heavy atom. The van der Waals surface area contributed by atoms with Gasteiger partial charge in [0.2, 0.25) is 5.88 Å². The van der Waals surface area contributed by atoms with Gasteiger partial charge in [-0.2, -0.15) is 0 Å². The second-order valence-corrected chi connectivity index (χ2v) is 9.93. The van der Waals surface area contributed by atoms with Gasteiger partial charge in [0.05, 0.1) is 36.6 Å². The zero-order valence-electron chi connectivity index (χ0n) is 21.3. The SMILES string of the molecule is CCc1nc(C2CCc3ccc([C@H](C4CC4)[C@H](C)C(C)=O)cc3O2)cnc1-c1cc(OC)ncc1F. The molecule has 1 saturated carbocycles. The summed E-state index contributed by atoms with van der Waals surface area (Å²) in [6, 6.07) is 8.00. The summed E-state index contributed by atoms with van der Waals surface area (Å²) in [6.07, 6.45) is 7.20. The van der Waals surface area contributed by atoms with Crippen LogP contribution in [-0.2, 0) is 17.6 Å². The van der Waals surface area contributed by atoms with Crippen molar-refractivity contribution in [2.75, 3.05) is 7.11 Å². The third kappa shape index (κ3) is 4.71. The lowest BCUT2D eigenvalue weighted by molar-refractivity contribution is -0.121. The molecule has 36 heavy (non-hydrogen) atoms. The van der Waals surface area contributed by atoms with Crippen LogP contribution in [0.5, 0.6) is 11.6 Å². The molecule has 6 nitrogen and oxygen atoms in total. The number of carbonyl (C=O) groups excluding carboxylic acids is 1. The minimum atomic E-state index is -0.465. The number of fused-ring (bicyclic) bond motifs is 1. The molecular formula is C29H32FN3O3. The van der Waals surface area contributed by atoms with Crippen LogP contribution in [0.15, 0.2) is 36.7 Å². The number of ether oxygens (including phenoxy) is 2.